The molecule has 1 aromatic carbocycles. The maximum atomic E-state index is 13.4. The lowest BCUT2D eigenvalue weighted by atomic mass is 9.85. The first-order chi connectivity index (χ1) is 13.0. The number of rotatable bonds is 1. The predicted molar refractivity (Wildman–Crippen MR) is 95.8 cm³/mol. The van der Waals surface area contributed by atoms with Gasteiger partial charge in [0.15, 0.2) is 11.5 Å². The minimum Gasteiger partial charge on any atom is -0.396 e. The molecule has 9 heteroatoms. The van der Waals surface area contributed by atoms with Crippen LogP contribution >= 0.6 is 0 Å². The summed E-state index contributed by atoms with van der Waals surface area (Å²) >= 11 is 0. The van der Waals surface area contributed by atoms with Gasteiger partial charge in [-0.05, 0) is 24.1 Å². The second-order valence-corrected chi connectivity index (χ2v) is 6.86. The zero-order valence-corrected chi connectivity index (χ0v) is 14.6. The number of fused-ring (bicyclic) bond motifs is 5. The molecule has 2 bridgehead atoms. The van der Waals surface area contributed by atoms with Crippen LogP contribution in [0.2, 0.25) is 0 Å². The van der Waals surface area contributed by atoms with E-state index in [1.807, 2.05) is 24.3 Å². The summed E-state index contributed by atoms with van der Waals surface area (Å²) in [5.41, 5.74) is 9.10. The number of amides is 2. The van der Waals surface area contributed by atoms with E-state index in [0.717, 1.165) is 11.1 Å². The van der Waals surface area contributed by atoms with Crippen molar-refractivity contribution in [2.75, 3.05) is 12.3 Å². The van der Waals surface area contributed by atoms with Crippen molar-refractivity contribution in [2.24, 2.45) is 0 Å². The first kappa shape index (κ1) is 15.7. The third kappa shape index (κ3) is 2.21. The molecule has 2 amide bonds. The predicted octanol–water partition coefficient (Wildman–Crippen LogP) is 0.253. The minimum absolute atomic E-state index is 0.149. The Morgan fingerprint density at radius 2 is 2.07 bits per heavy atom. The maximum absolute atomic E-state index is 13.4. The number of nitrogens with one attached hydrogen (secondary N) is 1. The number of nitrogens with zero attached hydrogens (tertiary/aromatic N) is 5. The molecule has 0 unspecified atom stereocenters. The van der Waals surface area contributed by atoms with E-state index in [4.69, 9.17) is 5.73 Å². The first-order valence-electron chi connectivity index (χ1n) is 8.71. The van der Waals surface area contributed by atoms with Crippen molar-refractivity contribution in [3.05, 3.63) is 53.0 Å². The highest BCUT2D eigenvalue weighted by molar-refractivity contribution is 5.98. The Kier molecular flexibility index (Phi) is 3.21. The van der Waals surface area contributed by atoms with Gasteiger partial charge in [-0.15, -0.1) is 10.2 Å². The van der Waals surface area contributed by atoms with Gasteiger partial charge in [-0.1, -0.05) is 24.3 Å². The van der Waals surface area contributed by atoms with Gasteiger partial charge in [-0.3, -0.25) is 9.59 Å². The van der Waals surface area contributed by atoms with Gasteiger partial charge < -0.3 is 16.0 Å². The van der Waals surface area contributed by atoms with Gasteiger partial charge in [0.2, 0.25) is 11.6 Å². The van der Waals surface area contributed by atoms with Crippen molar-refractivity contribution in [3.8, 4) is 0 Å². The summed E-state index contributed by atoms with van der Waals surface area (Å²) in [6.07, 6.45) is 0.480. The minimum atomic E-state index is -0.563. The van der Waals surface area contributed by atoms with Crippen molar-refractivity contribution in [1.82, 2.24) is 30.0 Å². The van der Waals surface area contributed by atoms with Gasteiger partial charge in [0.25, 0.3) is 5.91 Å². The summed E-state index contributed by atoms with van der Waals surface area (Å²) in [6, 6.07) is 8.62. The molecule has 136 valence electrons. The van der Waals surface area contributed by atoms with E-state index < -0.39 is 6.04 Å². The van der Waals surface area contributed by atoms with Crippen molar-refractivity contribution in [3.63, 3.8) is 0 Å². The largest absolute Gasteiger partial charge is 0.396 e. The van der Waals surface area contributed by atoms with Crippen molar-refractivity contribution in [1.29, 1.82) is 0 Å². The molecule has 1 fully saturated rings. The number of hydrogen-bond donors (Lipinski definition) is 2. The fourth-order valence-electron chi connectivity index (χ4n) is 3.99. The van der Waals surface area contributed by atoms with Crippen molar-refractivity contribution < 1.29 is 9.59 Å². The van der Waals surface area contributed by atoms with Crippen LogP contribution in [0.5, 0.6) is 0 Å². The Morgan fingerprint density at radius 3 is 2.93 bits per heavy atom. The molecule has 2 aromatic heterocycles. The van der Waals surface area contributed by atoms with E-state index in [-0.39, 0.29) is 23.6 Å². The van der Waals surface area contributed by atoms with Gasteiger partial charge in [0.1, 0.15) is 6.04 Å². The average Bonchev–Trinajstić information content (AvgIpc) is 3.05. The average molecular weight is 363 g/mol. The van der Waals surface area contributed by atoms with Crippen LogP contribution in [0.25, 0.3) is 5.65 Å². The Bertz CT molecular complexity index is 1110. The maximum Gasteiger partial charge on any atom is 0.275 e. The van der Waals surface area contributed by atoms with Crippen LogP contribution in [0, 0.1) is 6.92 Å². The third-order valence-corrected chi connectivity index (χ3v) is 5.28. The van der Waals surface area contributed by atoms with Crippen LogP contribution in [-0.2, 0) is 11.2 Å². The Hall–Kier alpha value is -3.49. The summed E-state index contributed by atoms with van der Waals surface area (Å²) in [7, 11) is 0. The molecule has 5 rings (SSSR count). The lowest BCUT2D eigenvalue weighted by molar-refractivity contribution is -0.130. The van der Waals surface area contributed by atoms with E-state index in [1.165, 1.54) is 10.6 Å². The third-order valence-electron chi connectivity index (χ3n) is 5.28. The number of nitrogen functional groups attached to an aromatic ring is 1. The number of hydrogen-bond acceptors (Lipinski definition) is 6. The van der Waals surface area contributed by atoms with Crippen LogP contribution in [0.15, 0.2) is 30.3 Å². The number of aromatic nitrogens is 4. The van der Waals surface area contributed by atoms with E-state index in [1.54, 1.807) is 11.8 Å². The molecule has 2 aliphatic heterocycles. The van der Waals surface area contributed by atoms with Crippen LogP contribution < -0.4 is 11.1 Å². The molecule has 0 aliphatic carbocycles. The second kappa shape index (κ2) is 5.50. The molecule has 3 aromatic rings. The highest BCUT2D eigenvalue weighted by Gasteiger charge is 2.45. The summed E-state index contributed by atoms with van der Waals surface area (Å²) in [5, 5.41) is 15.2. The number of nitrogens with two attached hydrogens (primary N) is 1. The topological polar surface area (TPSA) is 119 Å². The standard InChI is InChI=1S/C18H17N7O2/c1-9-21-22-16-12(19)7-13(23-25(9)16)18(27)24-14-6-10-4-2-3-5-11(10)15(24)8-20-17(14)26/h2-5,7,14-15H,6,8,19H2,1H3,(H,20,26)/t14-,15-/m0/s1. The fraction of sp³-hybridized carbons (Fsp3) is 0.278. The summed E-state index contributed by atoms with van der Waals surface area (Å²) in [5.74, 6) is 0.0629. The molecule has 1 saturated heterocycles. The highest BCUT2D eigenvalue weighted by Crippen LogP contribution is 2.36. The number of aryl methyl sites for hydroxylation is 1. The molecular formula is C18H17N7O2. The SMILES string of the molecule is Cc1nnc2c(N)cc(C(=O)N3[C@H]4Cc5ccccc5[C@@H]3CNC4=O)nn12. The lowest BCUT2D eigenvalue weighted by Gasteiger charge is -2.45. The number of piperazine rings is 1. The van der Waals surface area contributed by atoms with Gasteiger partial charge in [-0.2, -0.15) is 9.61 Å². The Labute approximate surface area is 154 Å². The molecule has 0 radical (unpaired) electrons. The fourth-order valence-corrected chi connectivity index (χ4v) is 3.99. The molecule has 2 atom stereocenters. The smallest absolute Gasteiger partial charge is 0.275 e. The van der Waals surface area contributed by atoms with Gasteiger partial charge in [-0.25, -0.2) is 0 Å². The molecular weight excluding hydrogens is 346 g/mol. The van der Waals surface area contributed by atoms with E-state index in [2.05, 4.69) is 20.6 Å². The molecule has 3 N–H and O–H groups in total. The number of benzene rings is 1. The monoisotopic (exact) mass is 363 g/mol. The Morgan fingerprint density at radius 1 is 1.26 bits per heavy atom. The second-order valence-electron chi connectivity index (χ2n) is 6.86. The number of carbonyl (C=O) groups excluding carboxylic acids is 2. The van der Waals surface area contributed by atoms with Crippen LogP contribution in [0.4, 0.5) is 5.69 Å². The molecule has 4 heterocycles. The summed E-state index contributed by atoms with van der Waals surface area (Å²) in [6.45, 7) is 2.11. The molecule has 0 spiro atoms. The van der Waals surface area contributed by atoms with Gasteiger partial charge >= 0.3 is 0 Å². The van der Waals surface area contributed by atoms with Crippen LogP contribution in [-0.4, -0.2) is 49.1 Å². The number of anilines is 1. The van der Waals surface area contributed by atoms with Gasteiger partial charge in [0, 0.05) is 13.0 Å². The van der Waals surface area contributed by atoms with Crippen molar-refractivity contribution in [2.45, 2.75) is 25.4 Å². The van der Waals surface area contributed by atoms with Gasteiger partial charge in [0.05, 0.1) is 11.7 Å². The molecule has 9 nitrogen and oxygen atoms in total. The van der Waals surface area contributed by atoms with Crippen molar-refractivity contribution >= 4 is 23.1 Å². The normalized spacial score (nSPS) is 21.1. The zero-order valence-electron chi connectivity index (χ0n) is 14.6. The lowest BCUT2D eigenvalue weighted by Crippen LogP contribution is -2.61. The summed E-state index contributed by atoms with van der Waals surface area (Å²) in [4.78, 5) is 27.5. The highest BCUT2D eigenvalue weighted by atomic mass is 16.2. The molecule has 27 heavy (non-hydrogen) atoms. The molecule has 0 saturated carbocycles. The Balaban J connectivity index is 1.62. The first-order valence-corrected chi connectivity index (χ1v) is 8.71. The van der Waals surface area contributed by atoms with E-state index >= 15 is 0 Å². The number of carbonyl (C=O) groups is 2. The van der Waals surface area contributed by atoms with E-state index in [9.17, 15) is 9.59 Å². The van der Waals surface area contributed by atoms with E-state index in [0.29, 0.717) is 30.1 Å². The zero-order chi connectivity index (χ0) is 18.7. The summed E-state index contributed by atoms with van der Waals surface area (Å²) < 4.78 is 1.45. The van der Waals surface area contributed by atoms with Crippen LogP contribution in [0.1, 0.15) is 33.5 Å². The van der Waals surface area contributed by atoms with Crippen LogP contribution in [0.3, 0.4) is 0 Å². The quantitative estimate of drug-likeness (QED) is 0.640. The molecule has 2 aliphatic rings.